The summed E-state index contributed by atoms with van der Waals surface area (Å²) in [6, 6.07) is 4.46. The summed E-state index contributed by atoms with van der Waals surface area (Å²) in [5.41, 5.74) is 0.831. The lowest BCUT2D eigenvalue weighted by Gasteiger charge is -2.34. The van der Waals surface area contributed by atoms with Gasteiger partial charge in [0.05, 0.1) is 10.7 Å². The summed E-state index contributed by atoms with van der Waals surface area (Å²) in [5.74, 6) is -1.88. The zero-order valence-corrected chi connectivity index (χ0v) is 10.2. The van der Waals surface area contributed by atoms with Crippen LogP contribution in [0.3, 0.4) is 0 Å². The van der Waals surface area contributed by atoms with Crippen molar-refractivity contribution in [2.24, 2.45) is 0 Å². The topological polar surface area (TPSA) is 74.6 Å². The third kappa shape index (κ3) is 1.66. The van der Waals surface area contributed by atoms with Crippen LogP contribution in [-0.4, -0.2) is 16.0 Å². The average molecular weight is 281 g/mol. The van der Waals surface area contributed by atoms with Crippen LogP contribution in [0.15, 0.2) is 18.2 Å². The molecule has 3 atom stereocenters. The van der Waals surface area contributed by atoms with E-state index in [9.17, 15) is 14.3 Å². The van der Waals surface area contributed by atoms with Gasteiger partial charge >= 0.3 is 12.7 Å². The Balaban J connectivity index is 2.58. The highest BCUT2D eigenvalue weighted by Crippen LogP contribution is 2.55. The van der Waals surface area contributed by atoms with Gasteiger partial charge in [0.1, 0.15) is 5.92 Å². The maximum absolute atomic E-state index is 11.4. The van der Waals surface area contributed by atoms with E-state index in [-0.39, 0.29) is 5.30 Å². The molecule has 16 heavy (non-hydrogen) atoms. The molecule has 1 aliphatic rings. The van der Waals surface area contributed by atoms with Crippen LogP contribution in [-0.2, 0) is 9.36 Å². The van der Waals surface area contributed by atoms with Crippen molar-refractivity contribution in [3.63, 3.8) is 0 Å². The lowest BCUT2D eigenvalue weighted by Crippen LogP contribution is -2.32. The number of carboxylic acid groups (broad SMARTS) is 1. The molecule has 2 N–H and O–H groups in total. The van der Waals surface area contributed by atoms with Crippen molar-refractivity contribution in [2.45, 2.75) is 11.3 Å². The van der Waals surface area contributed by atoms with Crippen LogP contribution in [0.5, 0.6) is 0 Å². The highest BCUT2D eigenvalue weighted by Gasteiger charge is 2.45. The summed E-state index contributed by atoms with van der Waals surface area (Å²) in [4.78, 5) is 20.2. The van der Waals surface area contributed by atoms with E-state index in [2.05, 4.69) is 0 Å². The van der Waals surface area contributed by atoms with E-state index < -0.39 is 24.0 Å². The Morgan fingerprint density at radius 2 is 2.06 bits per heavy atom. The number of halogens is 2. The van der Waals surface area contributed by atoms with Crippen LogP contribution in [0, 0.1) is 0 Å². The number of fused-ring (bicyclic) bond motifs is 1. The molecule has 1 aromatic rings. The van der Waals surface area contributed by atoms with Gasteiger partial charge in [0, 0.05) is 0 Å². The van der Waals surface area contributed by atoms with Crippen LogP contribution in [0.25, 0.3) is 0 Å². The Morgan fingerprint density at radius 1 is 1.44 bits per heavy atom. The molecule has 3 unspecified atom stereocenters. The molecule has 2 rings (SSSR count). The van der Waals surface area contributed by atoms with E-state index in [1.165, 1.54) is 12.1 Å². The van der Waals surface area contributed by atoms with Gasteiger partial charge in [-0.15, -0.1) is 11.6 Å². The van der Waals surface area contributed by atoms with Crippen molar-refractivity contribution in [3.05, 3.63) is 29.3 Å². The van der Waals surface area contributed by atoms with Crippen molar-refractivity contribution < 1.29 is 19.4 Å². The monoisotopic (exact) mass is 280 g/mol. The summed E-state index contributed by atoms with van der Waals surface area (Å²) >= 11 is 11.2. The van der Waals surface area contributed by atoms with Crippen molar-refractivity contribution in [1.82, 2.24) is 0 Å². The maximum atomic E-state index is 11.4. The number of benzene rings is 1. The first kappa shape index (κ1) is 11.9. The molecule has 0 amide bonds. The molecule has 1 aromatic carbocycles. The summed E-state index contributed by atoms with van der Waals surface area (Å²) in [5, 5.41) is 8.12. The normalized spacial score (nSPS) is 26.4. The van der Waals surface area contributed by atoms with Crippen molar-refractivity contribution >= 4 is 40.8 Å². The Kier molecular flexibility index (Phi) is 2.79. The van der Waals surface area contributed by atoms with Gasteiger partial charge in [0.15, 0.2) is 0 Å². The molecule has 0 aliphatic heterocycles. The molecular weight excluding hydrogens is 274 g/mol. The zero-order valence-electron chi connectivity index (χ0n) is 7.80. The molecule has 0 aromatic heterocycles. The van der Waals surface area contributed by atoms with Crippen LogP contribution < -0.4 is 5.30 Å². The van der Waals surface area contributed by atoms with Gasteiger partial charge in [-0.3, -0.25) is 9.36 Å². The van der Waals surface area contributed by atoms with Crippen molar-refractivity contribution in [1.29, 1.82) is 0 Å². The van der Waals surface area contributed by atoms with Gasteiger partial charge in [0.25, 0.3) is 0 Å². The largest absolute Gasteiger partial charge is 0.481 e. The summed E-state index contributed by atoms with van der Waals surface area (Å²) in [6.07, 6.45) is 0. The van der Waals surface area contributed by atoms with E-state index >= 15 is 0 Å². The van der Waals surface area contributed by atoms with Gasteiger partial charge in [-0.05, 0) is 28.4 Å². The van der Waals surface area contributed by atoms with Gasteiger partial charge in [-0.25, -0.2) is 0 Å². The number of rotatable bonds is 2. The molecule has 4 nitrogen and oxygen atoms in total. The van der Waals surface area contributed by atoms with Crippen LogP contribution in [0.1, 0.15) is 22.4 Å². The fourth-order valence-electron chi connectivity index (χ4n) is 1.87. The molecule has 0 radical (unpaired) electrons. The zero-order chi connectivity index (χ0) is 12.1. The molecule has 0 saturated heterocycles. The van der Waals surface area contributed by atoms with Crippen LogP contribution in [0.2, 0.25) is 0 Å². The Bertz CT molecular complexity index is 510. The molecular formula is C9H7Cl2O4P. The van der Waals surface area contributed by atoms with Gasteiger partial charge in [0.2, 0.25) is 0 Å². The third-order valence-corrected chi connectivity index (χ3v) is 4.58. The minimum atomic E-state index is -3.93. The standard InChI is InChI=1S/C9H7Cl2O4P/c10-8-6-4(7(8)9(12)13)2-1-3-5(6)16(11,14)15/h1-3,7-8H,(H,12,13)(H,14,15). The molecule has 0 saturated carbocycles. The SMILES string of the molecule is O=C(O)C1c2cccc(P(=O)(O)Cl)c2C1Cl. The molecule has 0 fully saturated rings. The van der Waals surface area contributed by atoms with Crippen LogP contribution in [0.4, 0.5) is 0 Å². The molecule has 7 heteroatoms. The van der Waals surface area contributed by atoms with Crippen molar-refractivity contribution in [3.8, 4) is 0 Å². The molecule has 0 spiro atoms. The van der Waals surface area contributed by atoms with E-state index in [0.717, 1.165) is 0 Å². The highest BCUT2D eigenvalue weighted by molar-refractivity contribution is 7.90. The quantitative estimate of drug-likeness (QED) is 0.643. The average Bonchev–Trinajstić information content (AvgIpc) is 2.13. The second kappa shape index (κ2) is 3.74. The lowest BCUT2D eigenvalue weighted by atomic mass is 9.77. The minimum absolute atomic E-state index is 0.0316. The van der Waals surface area contributed by atoms with Crippen LogP contribution >= 0.6 is 29.6 Å². The first-order valence-corrected chi connectivity index (χ1v) is 7.37. The second-order valence-corrected chi connectivity index (χ2v) is 6.83. The first-order valence-electron chi connectivity index (χ1n) is 4.36. The van der Waals surface area contributed by atoms with Crippen molar-refractivity contribution in [2.75, 3.05) is 0 Å². The summed E-state index contributed by atoms with van der Waals surface area (Å²) < 4.78 is 11.4. The number of hydrogen-bond acceptors (Lipinski definition) is 2. The number of aliphatic carboxylic acids is 1. The van der Waals surface area contributed by atoms with E-state index in [0.29, 0.717) is 11.1 Å². The fraction of sp³-hybridized carbons (Fsp3) is 0.222. The number of hydrogen-bond donors (Lipinski definition) is 2. The highest BCUT2D eigenvalue weighted by atomic mass is 35.7. The Hall–Kier alpha value is -0.540. The molecule has 1 aliphatic carbocycles. The number of carbonyl (C=O) groups is 1. The van der Waals surface area contributed by atoms with Gasteiger partial charge in [-0.2, -0.15) is 0 Å². The Morgan fingerprint density at radius 3 is 2.56 bits per heavy atom. The van der Waals surface area contributed by atoms with E-state index in [1.807, 2.05) is 0 Å². The Labute approximate surface area is 101 Å². The second-order valence-electron chi connectivity index (χ2n) is 3.50. The van der Waals surface area contributed by atoms with E-state index in [1.54, 1.807) is 6.07 Å². The fourth-order valence-corrected chi connectivity index (χ4v) is 3.71. The molecule has 86 valence electrons. The third-order valence-electron chi connectivity index (χ3n) is 2.58. The van der Waals surface area contributed by atoms with Gasteiger partial charge < -0.3 is 10.00 Å². The predicted molar refractivity (Wildman–Crippen MR) is 60.7 cm³/mol. The first-order chi connectivity index (χ1) is 7.34. The summed E-state index contributed by atoms with van der Waals surface area (Å²) in [6.45, 7) is -3.93. The summed E-state index contributed by atoms with van der Waals surface area (Å²) in [7, 11) is 0. The molecule has 0 heterocycles. The smallest absolute Gasteiger partial charge is 0.317 e. The number of alkyl halides is 1. The minimum Gasteiger partial charge on any atom is -0.481 e. The molecule has 0 bridgehead atoms. The number of carboxylic acids is 1. The van der Waals surface area contributed by atoms with Gasteiger partial charge in [-0.1, -0.05) is 12.1 Å². The van der Waals surface area contributed by atoms with E-state index in [4.69, 9.17) is 27.9 Å². The maximum Gasteiger partial charge on any atom is 0.317 e. The lowest BCUT2D eigenvalue weighted by molar-refractivity contribution is -0.139. The predicted octanol–water partition coefficient (Wildman–Crippen LogP) is 2.20.